The molecule has 1 aromatic heterocycles. The molecule has 0 atom stereocenters. The maximum Gasteiger partial charge on any atom is 0.435 e. The molecule has 1 aromatic rings. The van der Waals surface area contributed by atoms with Crippen molar-refractivity contribution in [2.75, 3.05) is 0 Å². The number of alkyl halides is 6. The summed E-state index contributed by atoms with van der Waals surface area (Å²) in [6.07, 6.45) is -10.7. The molecule has 12 heteroatoms. The van der Waals surface area contributed by atoms with Crippen molar-refractivity contribution in [2.45, 2.75) is 18.4 Å². The lowest BCUT2D eigenvalue weighted by Crippen LogP contribution is -2.31. The van der Waals surface area contributed by atoms with Crippen molar-refractivity contribution in [1.29, 1.82) is 0 Å². The molecule has 0 saturated heterocycles. The monoisotopic (exact) mass is 306 g/mol. The summed E-state index contributed by atoms with van der Waals surface area (Å²) in [4.78, 5) is 21.2. The van der Waals surface area contributed by atoms with Gasteiger partial charge in [-0.2, -0.15) is 31.4 Å². The third kappa shape index (κ3) is 3.00. The number of halogens is 6. The van der Waals surface area contributed by atoms with Gasteiger partial charge in [0.25, 0.3) is 0 Å². The summed E-state index contributed by atoms with van der Waals surface area (Å²) in [7, 11) is 0. The molecule has 0 aliphatic rings. The zero-order chi connectivity index (χ0) is 15.9. The van der Waals surface area contributed by atoms with Gasteiger partial charge in [-0.15, -0.1) is 0 Å². The largest absolute Gasteiger partial charge is 0.479 e. The lowest BCUT2D eigenvalue weighted by Gasteiger charge is -2.13. The Bertz CT molecular complexity index is 532. The van der Waals surface area contributed by atoms with Gasteiger partial charge in [0.15, 0.2) is 5.69 Å². The fourth-order valence-electron chi connectivity index (χ4n) is 1.26. The van der Waals surface area contributed by atoms with E-state index in [0.717, 1.165) is 0 Å². The first-order valence-electron chi connectivity index (χ1n) is 4.55. The Morgan fingerprint density at radius 2 is 1.50 bits per heavy atom. The minimum absolute atomic E-state index is 0.459. The van der Waals surface area contributed by atoms with Gasteiger partial charge in [-0.1, -0.05) is 0 Å². The van der Waals surface area contributed by atoms with Crippen LogP contribution in [0.4, 0.5) is 26.3 Å². The van der Waals surface area contributed by atoms with E-state index in [1.165, 1.54) is 0 Å². The minimum Gasteiger partial charge on any atom is -0.479 e. The second-order valence-corrected chi connectivity index (χ2v) is 3.43. The number of hydrogen-bond donors (Lipinski definition) is 2. The topological polar surface area (TPSA) is 92.4 Å². The molecule has 20 heavy (non-hydrogen) atoms. The highest BCUT2D eigenvalue weighted by molar-refractivity contribution is 5.95. The van der Waals surface area contributed by atoms with Crippen LogP contribution in [-0.2, 0) is 21.9 Å². The third-order valence-electron chi connectivity index (χ3n) is 2.03. The number of carboxylic acid groups (broad SMARTS) is 2. The average molecular weight is 306 g/mol. The van der Waals surface area contributed by atoms with Crippen LogP contribution in [0.5, 0.6) is 0 Å². The van der Waals surface area contributed by atoms with E-state index in [4.69, 9.17) is 10.2 Å². The van der Waals surface area contributed by atoms with Crippen LogP contribution in [0.2, 0.25) is 0 Å². The van der Waals surface area contributed by atoms with E-state index in [1.807, 2.05) is 0 Å². The van der Waals surface area contributed by atoms with Crippen molar-refractivity contribution < 1.29 is 46.1 Å². The summed E-state index contributed by atoms with van der Waals surface area (Å²) in [5, 5.41) is 19.4. The molecular weight excluding hydrogens is 302 g/mol. The molecular formula is C8H4F6N2O4. The van der Waals surface area contributed by atoms with Gasteiger partial charge in [0.2, 0.25) is 6.04 Å². The van der Waals surface area contributed by atoms with Crippen molar-refractivity contribution >= 4 is 11.9 Å². The number of aromatic nitrogens is 2. The maximum absolute atomic E-state index is 12.5. The van der Waals surface area contributed by atoms with Crippen LogP contribution < -0.4 is 0 Å². The summed E-state index contributed by atoms with van der Waals surface area (Å²) in [5.74, 6) is -4.58. The van der Waals surface area contributed by atoms with E-state index in [0.29, 0.717) is 0 Å². The molecule has 0 unspecified atom stereocenters. The van der Waals surface area contributed by atoms with Crippen LogP contribution in [-0.4, -0.2) is 31.9 Å². The normalized spacial score (nSPS) is 12.8. The Labute approximate surface area is 105 Å². The standard InChI is InChI=1S/C8H4F6N2O4/c9-7(10,11)2-1-3(8(12,13)14)16(15-2)4(5(17)18)6(19)20/h1,4H,(H,17,18)(H,19,20). The van der Waals surface area contributed by atoms with Crippen molar-refractivity contribution in [3.05, 3.63) is 17.5 Å². The van der Waals surface area contributed by atoms with E-state index in [1.54, 1.807) is 0 Å². The van der Waals surface area contributed by atoms with Gasteiger partial charge < -0.3 is 10.2 Å². The zero-order valence-electron chi connectivity index (χ0n) is 9.03. The Morgan fingerprint density at radius 3 is 1.80 bits per heavy atom. The van der Waals surface area contributed by atoms with Gasteiger partial charge in [-0.25, -0.2) is 14.3 Å². The number of hydrogen-bond acceptors (Lipinski definition) is 3. The van der Waals surface area contributed by atoms with Crippen molar-refractivity contribution in [3.8, 4) is 0 Å². The van der Waals surface area contributed by atoms with Gasteiger partial charge in [0.05, 0.1) is 0 Å². The summed E-state index contributed by atoms with van der Waals surface area (Å²) in [6.45, 7) is 0. The van der Waals surface area contributed by atoms with E-state index < -0.39 is 52.5 Å². The zero-order valence-corrected chi connectivity index (χ0v) is 9.03. The molecule has 0 aromatic carbocycles. The van der Waals surface area contributed by atoms with Gasteiger partial charge in [0, 0.05) is 6.07 Å². The van der Waals surface area contributed by atoms with Crippen molar-refractivity contribution in [2.24, 2.45) is 0 Å². The molecule has 1 rings (SSSR count). The van der Waals surface area contributed by atoms with Gasteiger partial charge in [-0.05, 0) is 0 Å². The molecule has 6 nitrogen and oxygen atoms in total. The van der Waals surface area contributed by atoms with Crippen LogP contribution in [0.3, 0.4) is 0 Å². The molecule has 0 saturated carbocycles. The van der Waals surface area contributed by atoms with Crippen molar-refractivity contribution in [3.63, 3.8) is 0 Å². The smallest absolute Gasteiger partial charge is 0.435 e. The first kappa shape index (κ1) is 15.8. The highest BCUT2D eigenvalue weighted by atomic mass is 19.4. The van der Waals surface area contributed by atoms with Gasteiger partial charge >= 0.3 is 24.3 Å². The number of rotatable bonds is 3. The number of carboxylic acids is 2. The SMILES string of the molecule is O=C(O)C(C(=O)O)n1nc(C(F)(F)F)cc1C(F)(F)F. The lowest BCUT2D eigenvalue weighted by atomic mass is 10.3. The summed E-state index contributed by atoms with van der Waals surface area (Å²) in [5.41, 5.74) is -4.17. The Kier molecular flexibility index (Phi) is 3.70. The molecule has 1 heterocycles. The molecule has 2 N–H and O–H groups in total. The molecule has 0 aliphatic heterocycles. The molecule has 112 valence electrons. The fraction of sp³-hybridized carbons (Fsp3) is 0.375. The molecule has 0 spiro atoms. The average Bonchev–Trinajstić information content (AvgIpc) is 2.59. The van der Waals surface area contributed by atoms with Crippen LogP contribution in [0.25, 0.3) is 0 Å². The number of carbonyl (C=O) groups is 2. The van der Waals surface area contributed by atoms with Crippen LogP contribution >= 0.6 is 0 Å². The summed E-state index contributed by atoms with van der Waals surface area (Å²) in [6, 6.07) is -3.39. The molecule has 0 fully saturated rings. The van der Waals surface area contributed by atoms with E-state index in [2.05, 4.69) is 5.10 Å². The second-order valence-electron chi connectivity index (χ2n) is 3.43. The quantitative estimate of drug-likeness (QED) is 0.654. The first-order valence-corrected chi connectivity index (χ1v) is 4.55. The maximum atomic E-state index is 12.5. The van der Waals surface area contributed by atoms with Gasteiger partial charge in [-0.3, -0.25) is 0 Å². The molecule has 0 aliphatic carbocycles. The third-order valence-corrected chi connectivity index (χ3v) is 2.03. The summed E-state index contributed by atoms with van der Waals surface area (Å²) < 4.78 is 73.7. The van der Waals surface area contributed by atoms with Gasteiger partial charge in [0.1, 0.15) is 5.69 Å². The predicted octanol–water partition coefficient (Wildman–Crippen LogP) is 1.63. The molecule has 0 bridgehead atoms. The number of nitrogens with zero attached hydrogens (tertiary/aromatic N) is 2. The second kappa shape index (κ2) is 4.68. The minimum atomic E-state index is -5.40. The Hall–Kier alpha value is -2.27. The highest BCUT2D eigenvalue weighted by Crippen LogP contribution is 2.36. The fourth-order valence-corrected chi connectivity index (χ4v) is 1.26. The molecule has 0 amide bonds. The van der Waals surface area contributed by atoms with Crippen LogP contribution in [0.15, 0.2) is 6.07 Å². The number of aliphatic carboxylic acids is 2. The van der Waals surface area contributed by atoms with E-state index >= 15 is 0 Å². The highest BCUT2D eigenvalue weighted by Gasteiger charge is 2.45. The Balaban J connectivity index is 3.55. The van der Waals surface area contributed by atoms with Crippen molar-refractivity contribution in [1.82, 2.24) is 9.78 Å². The predicted molar refractivity (Wildman–Crippen MR) is 46.5 cm³/mol. The molecule has 0 radical (unpaired) electrons. The van der Waals surface area contributed by atoms with E-state index in [-0.39, 0.29) is 0 Å². The van der Waals surface area contributed by atoms with Crippen LogP contribution in [0, 0.1) is 0 Å². The van der Waals surface area contributed by atoms with E-state index in [9.17, 15) is 35.9 Å². The summed E-state index contributed by atoms with van der Waals surface area (Å²) >= 11 is 0. The Morgan fingerprint density at radius 1 is 1.05 bits per heavy atom. The van der Waals surface area contributed by atoms with Crippen LogP contribution in [0.1, 0.15) is 17.4 Å². The lowest BCUT2D eigenvalue weighted by molar-refractivity contribution is -0.158. The first-order chi connectivity index (χ1) is 8.85.